The van der Waals surface area contributed by atoms with Gasteiger partial charge in [-0.15, -0.1) is 11.8 Å². The Bertz CT molecular complexity index is 401. The zero-order valence-electron chi connectivity index (χ0n) is 10.2. The number of unbranched alkanes of at least 4 members (excludes halogenated alkanes) is 1. The highest BCUT2D eigenvalue weighted by molar-refractivity contribution is 8.13. The maximum atomic E-state index is 12.7. The molecule has 0 aromatic heterocycles. The molecule has 1 aromatic carbocycles. The molecule has 0 heterocycles. The van der Waals surface area contributed by atoms with Gasteiger partial charge < -0.3 is 0 Å². The lowest BCUT2D eigenvalue weighted by molar-refractivity contribution is -0.138. The summed E-state index contributed by atoms with van der Waals surface area (Å²) in [6, 6.07) is 5.55. The summed E-state index contributed by atoms with van der Waals surface area (Å²) in [5.41, 5.74) is -0.350. The largest absolute Gasteiger partial charge is 0.416 e. The van der Waals surface area contributed by atoms with E-state index in [1.807, 2.05) is 6.92 Å². The van der Waals surface area contributed by atoms with Crippen LogP contribution < -0.4 is 0 Å². The molecule has 0 saturated carbocycles. The summed E-state index contributed by atoms with van der Waals surface area (Å²) in [6.45, 7) is 2.02. The Balaban J connectivity index is 2.65. The fraction of sp³-hybridized carbons (Fsp3) is 0.462. The van der Waals surface area contributed by atoms with E-state index in [1.54, 1.807) is 6.07 Å². The van der Waals surface area contributed by atoms with Crippen molar-refractivity contribution in [2.45, 2.75) is 38.1 Å². The van der Waals surface area contributed by atoms with Crippen LogP contribution in [0.5, 0.6) is 0 Å². The van der Waals surface area contributed by atoms with E-state index in [1.165, 1.54) is 23.9 Å². The van der Waals surface area contributed by atoms with Gasteiger partial charge in [0.2, 0.25) is 0 Å². The monoisotopic (exact) mass is 275 g/mol. The topological polar surface area (TPSA) is 23.9 Å². The molecular formula is C13H16F3NS. The molecule has 0 spiro atoms. The minimum absolute atomic E-state index is 0.207. The van der Waals surface area contributed by atoms with Crippen molar-refractivity contribution < 1.29 is 13.2 Å². The summed E-state index contributed by atoms with van der Waals surface area (Å²) in [7, 11) is 0. The Labute approximate surface area is 109 Å². The van der Waals surface area contributed by atoms with E-state index < -0.39 is 11.7 Å². The number of rotatable bonds is 5. The van der Waals surface area contributed by atoms with Crippen LogP contribution in [-0.4, -0.2) is 5.04 Å². The van der Waals surface area contributed by atoms with E-state index in [2.05, 4.69) is 0 Å². The number of hydrogen-bond acceptors (Lipinski definition) is 2. The molecule has 0 saturated heterocycles. The fourth-order valence-electron chi connectivity index (χ4n) is 1.50. The van der Waals surface area contributed by atoms with Gasteiger partial charge in [-0.2, -0.15) is 13.2 Å². The van der Waals surface area contributed by atoms with Crippen molar-refractivity contribution in [2.75, 3.05) is 0 Å². The van der Waals surface area contributed by atoms with Crippen LogP contribution in [0.1, 0.15) is 37.3 Å². The maximum absolute atomic E-state index is 12.7. The summed E-state index contributed by atoms with van der Waals surface area (Å²) < 4.78 is 38.1. The normalized spacial score (nSPS) is 11.6. The number of benzene rings is 1. The molecule has 0 aliphatic carbocycles. The Kier molecular flexibility index (Phi) is 5.72. The average molecular weight is 275 g/mol. The summed E-state index contributed by atoms with van der Waals surface area (Å²) in [5, 5.41) is 8.10. The number of thioether (sulfide) groups is 1. The lowest BCUT2D eigenvalue weighted by Gasteiger charge is -2.12. The number of alkyl halides is 3. The minimum atomic E-state index is -4.32. The molecule has 0 amide bonds. The molecule has 0 radical (unpaired) electrons. The van der Waals surface area contributed by atoms with Crippen LogP contribution >= 0.6 is 11.8 Å². The molecule has 0 aliphatic rings. The van der Waals surface area contributed by atoms with E-state index >= 15 is 0 Å². The van der Waals surface area contributed by atoms with Gasteiger partial charge in [0, 0.05) is 5.75 Å². The van der Waals surface area contributed by atoms with Crippen molar-refractivity contribution in [3.05, 3.63) is 35.4 Å². The molecule has 100 valence electrons. The number of hydrogen-bond donors (Lipinski definition) is 1. The van der Waals surface area contributed by atoms with Crippen molar-refractivity contribution in [1.29, 1.82) is 5.41 Å². The molecule has 1 nitrogen and oxygen atoms in total. The zero-order valence-corrected chi connectivity index (χ0v) is 11.0. The second-order valence-electron chi connectivity index (χ2n) is 3.97. The van der Waals surface area contributed by atoms with Gasteiger partial charge in [0.05, 0.1) is 10.6 Å². The Hall–Kier alpha value is -0.970. The van der Waals surface area contributed by atoms with E-state index in [0.717, 1.165) is 18.9 Å². The van der Waals surface area contributed by atoms with Crippen LogP contribution in [0.25, 0.3) is 0 Å². The Morgan fingerprint density at radius 1 is 1.28 bits per heavy atom. The van der Waals surface area contributed by atoms with Crippen molar-refractivity contribution in [2.24, 2.45) is 0 Å². The van der Waals surface area contributed by atoms with E-state index in [0.29, 0.717) is 11.5 Å². The smallest absolute Gasteiger partial charge is 0.298 e. The lowest BCUT2D eigenvalue weighted by Crippen LogP contribution is -2.08. The van der Waals surface area contributed by atoms with E-state index in [4.69, 9.17) is 5.41 Å². The molecule has 0 unspecified atom stereocenters. The first-order chi connectivity index (χ1) is 8.45. The molecule has 0 aliphatic heterocycles. The first-order valence-corrected chi connectivity index (χ1v) is 6.79. The second kappa shape index (κ2) is 6.83. The number of halogens is 3. The van der Waals surface area contributed by atoms with E-state index in [9.17, 15) is 13.2 Å². The highest BCUT2D eigenvalue weighted by Gasteiger charge is 2.32. The van der Waals surface area contributed by atoms with Gasteiger partial charge in [0.25, 0.3) is 0 Å². The Morgan fingerprint density at radius 3 is 2.56 bits per heavy atom. The van der Waals surface area contributed by atoms with Gasteiger partial charge in [-0.3, -0.25) is 5.41 Å². The predicted molar refractivity (Wildman–Crippen MR) is 70.0 cm³/mol. The lowest BCUT2D eigenvalue weighted by atomic mass is 10.1. The van der Waals surface area contributed by atoms with Crippen LogP contribution in [0.2, 0.25) is 0 Å². The Morgan fingerprint density at radius 2 is 1.94 bits per heavy atom. The molecule has 1 rings (SSSR count). The van der Waals surface area contributed by atoms with Crippen LogP contribution in [0, 0.1) is 5.41 Å². The SMILES string of the molecule is CCCCC(=N)SCc1ccccc1C(F)(F)F. The van der Waals surface area contributed by atoms with Crippen LogP contribution in [0.3, 0.4) is 0 Å². The average Bonchev–Trinajstić information content (AvgIpc) is 2.33. The number of nitrogens with one attached hydrogen (secondary N) is 1. The molecule has 0 bridgehead atoms. The van der Waals surface area contributed by atoms with Gasteiger partial charge in [-0.05, 0) is 24.5 Å². The maximum Gasteiger partial charge on any atom is 0.416 e. The predicted octanol–water partition coefficient (Wildman–Crippen LogP) is 5.11. The standard InChI is InChI=1S/C13H16F3NS/c1-2-3-8-12(17)18-9-10-6-4-5-7-11(10)13(14,15)16/h4-7,17H,2-3,8-9H2,1H3. The third-order valence-corrected chi connectivity index (χ3v) is 3.49. The van der Waals surface area contributed by atoms with Gasteiger partial charge in [0.1, 0.15) is 0 Å². The molecule has 1 N–H and O–H groups in total. The fourth-order valence-corrected chi connectivity index (χ4v) is 2.37. The van der Waals surface area contributed by atoms with Crippen molar-refractivity contribution in [3.63, 3.8) is 0 Å². The first-order valence-electron chi connectivity index (χ1n) is 5.80. The molecule has 18 heavy (non-hydrogen) atoms. The highest BCUT2D eigenvalue weighted by atomic mass is 32.2. The van der Waals surface area contributed by atoms with Gasteiger partial charge in [0.15, 0.2) is 0 Å². The van der Waals surface area contributed by atoms with Crippen LogP contribution in [0.15, 0.2) is 24.3 Å². The third-order valence-electron chi connectivity index (χ3n) is 2.48. The minimum Gasteiger partial charge on any atom is -0.298 e. The summed E-state index contributed by atoms with van der Waals surface area (Å²) >= 11 is 1.18. The summed E-state index contributed by atoms with van der Waals surface area (Å²) in [6.07, 6.45) is -1.77. The van der Waals surface area contributed by atoms with Gasteiger partial charge in [-0.1, -0.05) is 31.5 Å². The molecule has 5 heteroatoms. The quantitative estimate of drug-likeness (QED) is 0.586. The van der Waals surface area contributed by atoms with Crippen LogP contribution in [-0.2, 0) is 11.9 Å². The molecule has 0 atom stereocenters. The molecule has 0 fully saturated rings. The van der Waals surface area contributed by atoms with Gasteiger partial charge >= 0.3 is 6.18 Å². The summed E-state index contributed by atoms with van der Waals surface area (Å²) in [4.78, 5) is 0. The van der Waals surface area contributed by atoms with Crippen molar-refractivity contribution in [1.82, 2.24) is 0 Å². The van der Waals surface area contributed by atoms with E-state index in [-0.39, 0.29) is 11.3 Å². The van der Waals surface area contributed by atoms with Crippen molar-refractivity contribution in [3.8, 4) is 0 Å². The highest BCUT2D eigenvalue weighted by Crippen LogP contribution is 2.33. The van der Waals surface area contributed by atoms with Crippen LogP contribution in [0.4, 0.5) is 13.2 Å². The second-order valence-corrected chi connectivity index (χ2v) is 5.04. The first kappa shape index (κ1) is 15.1. The summed E-state index contributed by atoms with van der Waals surface area (Å²) in [5.74, 6) is 0.207. The van der Waals surface area contributed by atoms with Crippen molar-refractivity contribution >= 4 is 16.8 Å². The third kappa shape index (κ3) is 4.72. The zero-order chi connectivity index (χ0) is 13.6. The molecular weight excluding hydrogens is 259 g/mol. The van der Waals surface area contributed by atoms with Gasteiger partial charge in [-0.25, -0.2) is 0 Å². The molecule has 1 aromatic rings.